The number of amides is 2. The Balaban J connectivity index is 1.59. The summed E-state index contributed by atoms with van der Waals surface area (Å²) >= 11 is 5.96. The number of ether oxygens (including phenoxy) is 1. The Bertz CT molecular complexity index is 1510. The number of carbonyl (C=O) groups is 2. The van der Waals surface area contributed by atoms with E-state index in [-0.39, 0.29) is 33.3 Å². The number of nitrogens with zero attached hydrogens (tertiary/aromatic N) is 2. The van der Waals surface area contributed by atoms with Crippen LogP contribution in [0.5, 0.6) is 0 Å². The van der Waals surface area contributed by atoms with Gasteiger partial charge in [0.05, 0.1) is 21.7 Å². The summed E-state index contributed by atoms with van der Waals surface area (Å²) in [5, 5.41) is 14.0. The molecule has 0 saturated carbocycles. The summed E-state index contributed by atoms with van der Waals surface area (Å²) in [6.07, 6.45) is -3.95. The molecule has 2 amide bonds. The number of aliphatic hydroxyl groups is 1. The normalized spacial score (nSPS) is 17.1. The highest BCUT2D eigenvalue weighted by molar-refractivity contribution is 6.31. The van der Waals surface area contributed by atoms with Gasteiger partial charge in [0.25, 0.3) is 12.3 Å². The fourth-order valence-electron chi connectivity index (χ4n) is 4.15. The predicted molar refractivity (Wildman–Crippen MR) is 125 cm³/mol. The van der Waals surface area contributed by atoms with Gasteiger partial charge >= 0.3 is 6.09 Å². The molecular formula is C24H16ClF3N4O4. The maximum Gasteiger partial charge on any atom is 0.414 e. The summed E-state index contributed by atoms with van der Waals surface area (Å²) in [4.78, 5) is 32.9. The van der Waals surface area contributed by atoms with E-state index < -0.39 is 36.6 Å². The number of aromatic nitrogens is 2. The number of fused-ring (bicyclic) bond motifs is 2. The molecule has 2 heterocycles. The molecule has 0 radical (unpaired) electrons. The third-order valence-corrected chi connectivity index (χ3v) is 5.97. The first-order valence-electron chi connectivity index (χ1n) is 10.5. The van der Waals surface area contributed by atoms with E-state index in [2.05, 4.69) is 20.0 Å². The smallest absolute Gasteiger partial charge is 0.414 e. The number of carbonyl (C=O) groups excluding carboxylic acids is 2. The van der Waals surface area contributed by atoms with Gasteiger partial charge in [0, 0.05) is 16.7 Å². The average Bonchev–Trinajstić information content (AvgIpc) is 3.36. The monoisotopic (exact) mass is 516 g/mol. The minimum Gasteiger partial charge on any atom is -0.443 e. The van der Waals surface area contributed by atoms with Gasteiger partial charge in [0.15, 0.2) is 18.1 Å². The lowest BCUT2D eigenvalue weighted by atomic mass is 9.93. The second kappa shape index (κ2) is 8.85. The molecule has 1 atom stereocenters. The van der Waals surface area contributed by atoms with Crippen molar-refractivity contribution >= 4 is 46.3 Å². The number of anilines is 2. The summed E-state index contributed by atoms with van der Waals surface area (Å²) in [5.41, 5.74) is -1.08. The van der Waals surface area contributed by atoms with Crippen LogP contribution in [0, 0.1) is 5.82 Å². The quantitative estimate of drug-likeness (QED) is 0.345. The average molecular weight is 517 g/mol. The molecule has 0 saturated heterocycles. The van der Waals surface area contributed by atoms with Crippen molar-refractivity contribution in [3.05, 3.63) is 88.2 Å². The van der Waals surface area contributed by atoms with E-state index in [0.29, 0.717) is 11.0 Å². The Kier molecular flexibility index (Phi) is 5.81. The molecule has 0 aliphatic carbocycles. The fourth-order valence-corrected chi connectivity index (χ4v) is 4.32. The highest BCUT2D eigenvalue weighted by Crippen LogP contribution is 2.46. The molecule has 5 rings (SSSR count). The lowest BCUT2D eigenvalue weighted by Gasteiger charge is -2.35. The Hall–Kier alpha value is -4.09. The van der Waals surface area contributed by atoms with Crippen molar-refractivity contribution in [1.29, 1.82) is 0 Å². The number of nitrogens with one attached hydrogen (secondary N) is 2. The van der Waals surface area contributed by atoms with Crippen LogP contribution >= 0.6 is 11.6 Å². The van der Waals surface area contributed by atoms with Gasteiger partial charge in [0.2, 0.25) is 5.95 Å². The van der Waals surface area contributed by atoms with E-state index >= 15 is 4.39 Å². The number of halogens is 4. The first-order chi connectivity index (χ1) is 17.2. The van der Waals surface area contributed by atoms with Gasteiger partial charge in [-0.15, -0.1) is 0 Å². The van der Waals surface area contributed by atoms with Gasteiger partial charge in [0.1, 0.15) is 0 Å². The van der Waals surface area contributed by atoms with Gasteiger partial charge < -0.3 is 14.8 Å². The Morgan fingerprint density at radius 2 is 1.97 bits per heavy atom. The van der Waals surface area contributed by atoms with Crippen molar-refractivity contribution in [3.8, 4) is 0 Å². The number of alkyl halides is 2. The van der Waals surface area contributed by atoms with Crippen LogP contribution in [0.25, 0.3) is 11.0 Å². The molecule has 1 aliphatic heterocycles. The molecule has 3 aromatic carbocycles. The van der Waals surface area contributed by atoms with Crippen molar-refractivity contribution in [2.24, 2.45) is 0 Å². The Morgan fingerprint density at radius 3 is 2.75 bits per heavy atom. The second-order valence-electron chi connectivity index (χ2n) is 7.86. The molecule has 0 fully saturated rings. The van der Waals surface area contributed by atoms with Crippen molar-refractivity contribution in [3.63, 3.8) is 0 Å². The molecule has 1 aromatic heterocycles. The number of H-pyrrole nitrogens is 1. The third kappa shape index (κ3) is 3.82. The van der Waals surface area contributed by atoms with E-state index in [9.17, 15) is 23.5 Å². The molecule has 184 valence electrons. The Labute approximate surface area is 206 Å². The van der Waals surface area contributed by atoms with Crippen LogP contribution in [-0.2, 0) is 10.5 Å². The summed E-state index contributed by atoms with van der Waals surface area (Å²) in [6.45, 7) is -1.08. The number of rotatable bonds is 5. The van der Waals surface area contributed by atoms with E-state index in [1.165, 1.54) is 42.5 Å². The van der Waals surface area contributed by atoms with Crippen LogP contribution in [0.2, 0.25) is 5.02 Å². The van der Waals surface area contributed by atoms with Crippen LogP contribution in [-0.4, -0.2) is 40.1 Å². The minimum absolute atomic E-state index is 0.0888. The van der Waals surface area contributed by atoms with Gasteiger partial charge in [-0.05, 0) is 30.3 Å². The van der Waals surface area contributed by atoms with E-state index in [1.807, 2.05) is 0 Å². The van der Waals surface area contributed by atoms with E-state index in [1.54, 1.807) is 18.2 Å². The van der Waals surface area contributed by atoms with Crippen LogP contribution in [0.1, 0.15) is 21.5 Å². The zero-order valence-corrected chi connectivity index (χ0v) is 18.9. The number of hydrogen-bond donors (Lipinski definition) is 3. The van der Waals surface area contributed by atoms with E-state index in [4.69, 9.17) is 11.6 Å². The SMILES string of the molecule is O=C(Nc1nc2ccc(C3(O)c4ccccc4C(=O)N3c3cccc(Cl)c3F)cc2[nH]1)OCC(F)F. The maximum absolute atomic E-state index is 15.0. The lowest BCUT2D eigenvalue weighted by Crippen LogP contribution is -2.45. The molecule has 12 heteroatoms. The first kappa shape index (κ1) is 23.6. The first-order valence-corrected chi connectivity index (χ1v) is 10.9. The molecule has 36 heavy (non-hydrogen) atoms. The molecule has 4 aromatic rings. The van der Waals surface area contributed by atoms with Crippen molar-refractivity contribution in [2.45, 2.75) is 12.2 Å². The van der Waals surface area contributed by atoms with Crippen LogP contribution in [0.15, 0.2) is 60.7 Å². The molecule has 1 unspecified atom stereocenters. The molecule has 3 N–H and O–H groups in total. The largest absolute Gasteiger partial charge is 0.443 e. The number of imidazole rings is 1. The molecule has 0 spiro atoms. The molecule has 0 bridgehead atoms. The summed E-state index contributed by atoms with van der Waals surface area (Å²) in [7, 11) is 0. The number of benzene rings is 3. The zero-order valence-electron chi connectivity index (χ0n) is 18.1. The number of aromatic amines is 1. The lowest BCUT2D eigenvalue weighted by molar-refractivity contribution is 0.0547. The molecular weight excluding hydrogens is 501 g/mol. The Morgan fingerprint density at radius 1 is 1.19 bits per heavy atom. The van der Waals surface area contributed by atoms with Gasteiger partial charge in [-0.3, -0.25) is 15.0 Å². The highest BCUT2D eigenvalue weighted by atomic mass is 35.5. The van der Waals surface area contributed by atoms with Crippen molar-refractivity contribution in [1.82, 2.24) is 9.97 Å². The molecule has 1 aliphatic rings. The van der Waals surface area contributed by atoms with Gasteiger partial charge in [-0.25, -0.2) is 22.9 Å². The predicted octanol–water partition coefficient (Wildman–Crippen LogP) is 5.02. The van der Waals surface area contributed by atoms with E-state index in [0.717, 1.165) is 4.90 Å². The van der Waals surface area contributed by atoms with Gasteiger partial charge in [-0.2, -0.15) is 0 Å². The zero-order chi connectivity index (χ0) is 25.6. The van der Waals surface area contributed by atoms with Crippen LogP contribution in [0.4, 0.5) is 29.6 Å². The minimum atomic E-state index is -2.82. The number of hydrogen-bond acceptors (Lipinski definition) is 5. The summed E-state index contributed by atoms with van der Waals surface area (Å²) < 4.78 is 43.9. The van der Waals surface area contributed by atoms with Gasteiger partial charge in [-0.1, -0.05) is 41.9 Å². The van der Waals surface area contributed by atoms with Crippen LogP contribution in [0.3, 0.4) is 0 Å². The topological polar surface area (TPSA) is 108 Å². The fraction of sp³-hybridized carbons (Fsp3) is 0.125. The maximum atomic E-state index is 15.0. The van der Waals surface area contributed by atoms with Crippen LogP contribution < -0.4 is 10.2 Å². The standard InChI is InChI=1S/C24H16ClF3N4O4/c25-15-6-3-7-18(20(15)28)32-21(33)13-4-1-2-5-14(13)24(32,35)12-8-9-16-17(10-12)30-22(29-16)31-23(34)36-11-19(26)27/h1-10,19,35H,11H2,(H2,29,30,31,34). The summed E-state index contributed by atoms with van der Waals surface area (Å²) in [6, 6.07) is 14.9. The van der Waals surface area contributed by atoms with Crippen molar-refractivity contribution < 1.29 is 32.6 Å². The summed E-state index contributed by atoms with van der Waals surface area (Å²) in [5.74, 6) is -1.60. The highest BCUT2D eigenvalue weighted by Gasteiger charge is 2.51. The second-order valence-corrected chi connectivity index (χ2v) is 8.27. The molecule has 8 nitrogen and oxygen atoms in total. The van der Waals surface area contributed by atoms with Crippen molar-refractivity contribution in [2.75, 3.05) is 16.8 Å². The third-order valence-electron chi connectivity index (χ3n) is 5.68.